The number of hydrogen-bond donors (Lipinski definition) is 1. The van der Waals surface area contributed by atoms with Crippen molar-refractivity contribution in [3.63, 3.8) is 0 Å². The van der Waals surface area contributed by atoms with E-state index in [4.69, 9.17) is 9.47 Å². The summed E-state index contributed by atoms with van der Waals surface area (Å²) in [6.07, 6.45) is -1.23. The summed E-state index contributed by atoms with van der Waals surface area (Å²) < 4.78 is 79.6. The van der Waals surface area contributed by atoms with Crippen molar-refractivity contribution in [1.29, 1.82) is 0 Å². The number of halogens is 3. The summed E-state index contributed by atoms with van der Waals surface area (Å²) in [7, 11) is -1.77. The molecule has 3 atom stereocenters. The molecule has 5 rings (SSSR count). The highest BCUT2D eigenvalue weighted by molar-refractivity contribution is 7.88. The van der Waals surface area contributed by atoms with Gasteiger partial charge in [0.1, 0.15) is 5.82 Å². The largest absolute Gasteiger partial charge is 0.449 e. The fourth-order valence-electron chi connectivity index (χ4n) is 5.69. The van der Waals surface area contributed by atoms with E-state index in [1.807, 2.05) is 6.92 Å². The zero-order valence-corrected chi connectivity index (χ0v) is 22.1. The molecule has 3 aliphatic heterocycles. The van der Waals surface area contributed by atoms with Crippen LogP contribution >= 0.6 is 0 Å². The van der Waals surface area contributed by atoms with Gasteiger partial charge >= 0.3 is 12.3 Å². The second-order valence-electron chi connectivity index (χ2n) is 10.4. The third-order valence-corrected chi connectivity index (χ3v) is 8.23. The van der Waals surface area contributed by atoms with Gasteiger partial charge in [-0.1, -0.05) is 0 Å². The number of amides is 1. The van der Waals surface area contributed by atoms with Gasteiger partial charge in [0, 0.05) is 31.6 Å². The number of sulfonamides is 1. The van der Waals surface area contributed by atoms with E-state index in [1.54, 1.807) is 16.8 Å². The number of aromatic nitrogens is 1. The van der Waals surface area contributed by atoms with Crippen LogP contribution in [0.4, 0.5) is 23.8 Å². The Bertz CT molecular complexity index is 1080. The normalized spacial score (nSPS) is 30.1. The number of pyridine rings is 1. The topological polar surface area (TPSA) is 101 Å². The van der Waals surface area contributed by atoms with E-state index >= 15 is 0 Å². The Balaban J connectivity index is 1.59. The van der Waals surface area contributed by atoms with Crippen molar-refractivity contribution in [2.45, 2.75) is 81.8 Å². The minimum Gasteiger partial charge on any atom is -0.449 e. The Hall–Kier alpha value is -2.12. The first-order valence-electron chi connectivity index (χ1n) is 12.7. The van der Waals surface area contributed by atoms with E-state index in [-0.39, 0.29) is 37.0 Å². The van der Waals surface area contributed by atoms with Gasteiger partial charge < -0.3 is 14.4 Å². The Morgan fingerprint density at radius 2 is 1.86 bits per heavy atom. The molecule has 1 unspecified atom stereocenters. The van der Waals surface area contributed by atoms with E-state index in [9.17, 15) is 26.4 Å². The van der Waals surface area contributed by atoms with Crippen molar-refractivity contribution in [2.24, 2.45) is 0 Å². The molecule has 1 saturated heterocycles. The van der Waals surface area contributed by atoms with E-state index in [0.717, 1.165) is 12.3 Å². The predicted molar refractivity (Wildman–Crippen MR) is 131 cm³/mol. The molecule has 0 spiro atoms. The summed E-state index contributed by atoms with van der Waals surface area (Å²) in [5.74, 6) is 0.105. The lowest BCUT2D eigenvalue weighted by atomic mass is 9.83. The van der Waals surface area contributed by atoms with Gasteiger partial charge in [-0.15, -0.1) is 0 Å². The number of nitrogens with zero attached hydrogens (tertiary/aromatic N) is 3. The smallest absolute Gasteiger partial charge is 0.418 e. The first-order valence-corrected chi connectivity index (χ1v) is 14.6. The molecule has 1 amide bonds. The monoisotopic (exact) mass is 548 g/mol. The number of rotatable bonds is 2. The lowest BCUT2D eigenvalue weighted by molar-refractivity contribution is -0.138. The fourth-order valence-corrected chi connectivity index (χ4v) is 6.49. The Kier molecular flexibility index (Phi) is 8.25. The first kappa shape index (κ1) is 27.9. The number of anilines is 1. The molecule has 1 aromatic heterocycles. The molecule has 1 aliphatic carbocycles. The van der Waals surface area contributed by atoms with Crippen LogP contribution in [-0.2, 0) is 25.7 Å². The zero-order valence-electron chi connectivity index (χ0n) is 21.3. The van der Waals surface area contributed by atoms with Crippen molar-refractivity contribution in [2.75, 3.05) is 38.0 Å². The maximum absolute atomic E-state index is 13.8. The van der Waals surface area contributed by atoms with Gasteiger partial charge in [0.2, 0.25) is 10.0 Å². The van der Waals surface area contributed by atoms with E-state index in [0.29, 0.717) is 50.9 Å². The van der Waals surface area contributed by atoms with Gasteiger partial charge in [0.05, 0.1) is 42.9 Å². The number of carbonyl (C=O) groups is 1. The quantitative estimate of drug-likeness (QED) is 0.604. The van der Waals surface area contributed by atoms with Crippen LogP contribution < -0.4 is 9.62 Å². The van der Waals surface area contributed by atoms with Crippen molar-refractivity contribution in [3.05, 3.63) is 23.4 Å². The van der Waals surface area contributed by atoms with Crippen LogP contribution in [0.2, 0.25) is 0 Å². The standard InChI is InChI=1S/C24H35F3N4O5S/c1-15-13-19(29-37(3,33)34)20-14-36-17-7-5-16(6-8-17)22-18(24(25,26)27)9-10-21(28-22)30(2)11-4-12-35-23(32)31(15)20/h9-10,15-17,19-20,29H,4-8,11-14H2,1-3H3/t15-,16?,17?,19+,20?/m1/s1. The van der Waals surface area contributed by atoms with Crippen LogP contribution in [0.3, 0.4) is 0 Å². The average Bonchev–Trinajstić information content (AvgIpc) is 3.12. The highest BCUT2D eigenvalue weighted by Gasteiger charge is 2.44. The Morgan fingerprint density at radius 1 is 1.16 bits per heavy atom. The zero-order chi connectivity index (χ0) is 27.0. The van der Waals surface area contributed by atoms with Gasteiger partial charge in [-0.3, -0.25) is 4.90 Å². The van der Waals surface area contributed by atoms with Crippen molar-refractivity contribution < 1.29 is 35.9 Å². The molecule has 208 valence electrons. The summed E-state index contributed by atoms with van der Waals surface area (Å²) in [5.41, 5.74) is -0.634. The van der Waals surface area contributed by atoms with Crippen LogP contribution in [-0.4, -0.2) is 81.7 Å². The third kappa shape index (κ3) is 6.66. The van der Waals surface area contributed by atoms with Crippen molar-refractivity contribution in [3.8, 4) is 0 Å². The summed E-state index contributed by atoms with van der Waals surface area (Å²) >= 11 is 0. The molecule has 4 aliphatic rings. The SMILES string of the molecule is C[C@@H]1C[C@H](NS(C)(=O)=O)C2COC3CCC(CC3)c3nc(ccc3C(F)(F)F)N(C)CCCOC(=O)N21. The molecular formula is C24H35F3N4O5S. The molecule has 0 aromatic carbocycles. The molecule has 0 radical (unpaired) electrons. The van der Waals surface area contributed by atoms with Crippen molar-refractivity contribution >= 4 is 21.9 Å². The van der Waals surface area contributed by atoms with Crippen LogP contribution in [0.5, 0.6) is 0 Å². The lowest BCUT2D eigenvalue weighted by Gasteiger charge is -2.33. The summed E-state index contributed by atoms with van der Waals surface area (Å²) in [6.45, 7) is 2.48. The Labute approximate surface area is 215 Å². The van der Waals surface area contributed by atoms with Gasteiger partial charge in [-0.25, -0.2) is 22.9 Å². The fraction of sp³-hybridized carbons (Fsp3) is 0.750. The van der Waals surface area contributed by atoms with Crippen LogP contribution in [0.1, 0.15) is 62.6 Å². The van der Waals surface area contributed by atoms with Gasteiger partial charge in [0.15, 0.2) is 0 Å². The minimum absolute atomic E-state index is 0.0688. The first-order chi connectivity index (χ1) is 17.3. The summed E-state index contributed by atoms with van der Waals surface area (Å²) in [6, 6.07) is 1.15. The van der Waals surface area contributed by atoms with E-state index in [1.165, 1.54) is 6.07 Å². The molecule has 9 nitrogen and oxygen atoms in total. The van der Waals surface area contributed by atoms with Gasteiger partial charge in [-0.05, 0) is 57.6 Å². The lowest BCUT2D eigenvalue weighted by Crippen LogP contribution is -2.50. The minimum atomic E-state index is -4.50. The average molecular weight is 549 g/mol. The summed E-state index contributed by atoms with van der Waals surface area (Å²) in [4.78, 5) is 20.8. The molecule has 1 aromatic rings. The Morgan fingerprint density at radius 3 is 2.51 bits per heavy atom. The number of fused-ring (bicyclic) bond motifs is 8. The highest BCUT2D eigenvalue weighted by Crippen LogP contribution is 2.41. The second-order valence-corrected chi connectivity index (χ2v) is 12.1. The van der Waals surface area contributed by atoms with Gasteiger partial charge in [-0.2, -0.15) is 13.2 Å². The van der Waals surface area contributed by atoms with Crippen molar-refractivity contribution in [1.82, 2.24) is 14.6 Å². The van der Waals surface area contributed by atoms with Crippen LogP contribution in [0.25, 0.3) is 0 Å². The maximum atomic E-state index is 13.8. The van der Waals surface area contributed by atoms with Crippen LogP contribution in [0, 0.1) is 0 Å². The molecule has 1 saturated carbocycles. The summed E-state index contributed by atoms with van der Waals surface area (Å²) in [5, 5.41) is 0. The molecule has 4 bridgehead atoms. The molecule has 4 heterocycles. The van der Waals surface area contributed by atoms with Gasteiger partial charge in [0.25, 0.3) is 0 Å². The van der Waals surface area contributed by atoms with E-state index in [2.05, 4.69) is 9.71 Å². The number of carbonyl (C=O) groups excluding carboxylic acids is 1. The predicted octanol–water partition coefficient (Wildman–Crippen LogP) is 3.50. The second kappa shape index (κ2) is 10.9. The number of hydrogen-bond acceptors (Lipinski definition) is 7. The third-order valence-electron chi connectivity index (χ3n) is 7.50. The highest BCUT2D eigenvalue weighted by atomic mass is 32.2. The number of alkyl halides is 3. The van der Waals surface area contributed by atoms with Crippen LogP contribution in [0.15, 0.2) is 12.1 Å². The molecule has 13 heteroatoms. The number of ether oxygens (including phenoxy) is 2. The van der Waals surface area contributed by atoms with E-state index < -0.39 is 39.9 Å². The maximum Gasteiger partial charge on any atom is 0.418 e. The molecular weight excluding hydrogens is 513 g/mol. The molecule has 37 heavy (non-hydrogen) atoms. The molecule has 2 fully saturated rings. The molecule has 1 N–H and O–H groups in total. The number of nitrogens with one attached hydrogen (secondary N) is 1.